The Kier molecular flexibility index (Phi) is 2.12. The third-order valence-corrected chi connectivity index (χ3v) is 2.41. The number of nitrogens with zero attached hydrogens (tertiary/aromatic N) is 2. The fourth-order valence-corrected chi connectivity index (χ4v) is 1.65. The van der Waals surface area contributed by atoms with Gasteiger partial charge in [0.1, 0.15) is 11.4 Å². The summed E-state index contributed by atoms with van der Waals surface area (Å²) in [6, 6.07) is 0. The molecule has 0 amide bonds. The van der Waals surface area contributed by atoms with Gasteiger partial charge in [-0.15, -0.1) is 11.3 Å². The van der Waals surface area contributed by atoms with Crippen molar-refractivity contribution in [3.8, 4) is 11.4 Å². The molecule has 0 aliphatic heterocycles. The van der Waals surface area contributed by atoms with Crippen molar-refractivity contribution >= 4 is 11.3 Å². The molecule has 6 heteroatoms. The van der Waals surface area contributed by atoms with Crippen molar-refractivity contribution in [3.63, 3.8) is 0 Å². The third kappa shape index (κ3) is 1.56. The van der Waals surface area contributed by atoms with Gasteiger partial charge in [-0.25, -0.2) is 14.2 Å². The Morgan fingerprint density at radius 1 is 1.57 bits per heavy atom. The molecule has 14 heavy (non-hydrogen) atoms. The number of aromatic amines is 1. The maximum atomic E-state index is 13.2. The van der Waals surface area contributed by atoms with E-state index in [0.717, 1.165) is 11.2 Å². The minimum Gasteiger partial charge on any atom is -0.301 e. The zero-order chi connectivity index (χ0) is 10.1. The molecule has 0 atom stereocenters. The lowest BCUT2D eigenvalue weighted by molar-refractivity contribution is 0.614. The molecule has 0 spiro atoms. The molecule has 0 aliphatic carbocycles. The van der Waals surface area contributed by atoms with Gasteiger partial charge in [0, 0.05) is 5.38 Å². The van der Waals surface area contributed by atoms with Gasteiger partial charge in [0.15, 0.2) is 5.82 Å². The number of rotatable bonds is 1. The van der Waals surface area contributed by atoms with Gasteiger partial charge in [-0.3, -0.25) is 0 Å². The number of H-pyrrole nitrogens is 1. The standard InChI is InChI=1S/C8H6FN3OS/c1-4-11-6(3-14-4)7-5(9)2-10-8(13)12-7/h2-3H,1H3,(H,10,12,13). The summed E-state index contributed by atoms with van der Waals surface area (Å²) < 4.78 is 13.2. The molecule has 0 unspecified atom stereocenters. The van der Waals surface area contributed by atoms with Crippen LogP contribution in [0.4, 0.5) is 4.39 Å². The number of nitrogens with one attached hydrogen (secondary N) is 1. The first kappa shape index (κ1) is 9.01. The van der Waals surface area contributed by atoms with Crippen LogP contribution in [0, 0.1) is 12.7 Å². The van der Waals surface area contributed by atoms with Gasteiger partial charge in [0.2, 0.25) is 0 Å². The van der Waals surface area contributed by atoms with Crippen molar-refractivity contribution in [3.05, 3.63) is 32.9 Å². The van der Waals surface area contributed by atoms with Crippen LogP contribution in [0.5, 0.6) is 0 Å². The zero-order valence-corrected chi connectivity index (χ0v) is 8.06. The highest BCUT2D eigenvalue weighted by atomic mass is 32.1. The molecule has 2 rings (SSSR count). The summed E-state index contributed by atoms with van der Waals surface area (Å²) >= 11 is 1.39. The molecule has 0 radical (unpaired) electrons. The van der Waals surface area contributed by atoms with Crippen molar-refractivity contribution < 1.29 is 4.39 Å². The van der Waals surface area contributed by atoms with Gasteiger partial charge >= 0.3 is 5.69 Å². The zero-order valence-electron chi connectivity index (χ0n) is 7.24. The van der Waals surface area contributed by atoms with E-state index in [4.69, 9.17) is 0 Å². The van der Waals surface area contributed by atoms with Crippen LogP contribution in [0.15, 0.2) is 16.4 Å². The lowest BCUT2D eigenvalue weighted by Crippen LogP contribution is -2.11. The summed E-state index contributed by atoms with van der Waals surface area (Å²) in [6.07, 6.45) is 0.892. The summed E-state index contributed by atoms with van der Waals surface area (Å²) in [6.45, 7) is 1.81. The Labute approximate surface area is 82.5 Å². The van der Waals surface area contributed by atoms with Crippen LogP contribution in [0.25, 0.3) is 11.4 Å². The fraction of sp³-hybridized carbons (Fsp3) is 0.125. The maximum Gasteiger partial charge on any atom is 0.345 e. The van der Waals surface area contributed by atoms with E-state index in [1.807, 2.05) is 6.92 Å². The highest BCUT2D eigenvalue weighted by molar-refractivity contribution is 7.09. The SMILES string of the molecule is Cc1nc(-c2[nH]c(=O)ncc2F)cs1. The molecular formula is C8H6FN3OS. The topological polar surface area (TPSA) is 58.6 Å². The molecule has 0 fully saturated rings. The molecule has 0 saturated heterocycles. The second kappa shape index (κ2) is 3.30. The second-order valence-electron chi connectivity index (χ2n) is 2.66. The fourth-order valence-electron chi connectivity index (χ4n) is 1.04. The number of hydrogen-bond acceptors (Lipinski definition) is 4. The molecule has 2 aromatic rings. The van der Waals surface area contributed by atoms with Crippen molar-refractivity contribution in [1.29, 1.82) is 0 Å². The van der Waals surface area contributed by atoms with Crippen LogP contribution >= 0.6 is 11.3 Å². The summed E-state index contributed by atoms with van der Waals surface area (Å²) in [5.74, 6) is -0.574. The minimum absolute atomic E-state index is 0.0920. The molecule has 0 aliphatic rings. The number of aryl methyl sites for hydroxylation is 1. The van der Waals surface area contributed by atoms with Crippen molar-refractivity contribution in [2.45, 2.75) is 6.92 Å². The molecule has 0 saturated carbocycles. The van der Waals surface area contributed by atoms with E-state index in [9.17, 15) is 9.18 Å². The quantitative estimate of drug-likeness (QED) is 0.774. The first-order valence-corrected chi connectivity index (χ1v) is 4.72. The van der Waals surface area contributed by atoms with Crippen LogP contribution in [-0.2, 0) is 0 Å². The lowest BCUT2D eigenvalue weighted by Gasteiger charge is -1.96. The van der Waals surface area contributed by atoms with E-state index >= 15 is 0 Å². The van der Waals surface area contributed by atoms with Gasteiger partial charge in [-0.2, -0.15) is 4.98 Å². The monoisotopic (exact) mass is 211 g/mol. The molecule has 2 heterocycles. The van der Waals surface area contributed by atoms with Gasteiger partial charge < -0.3 is 4.98 Å². The van der Waals surface area contributed by atoms with Crippen molar-refractivity contribution in [2.24, 2.45) is 0 Å². The Balaban J connectivity index is 2.61. The summed E-state index contributed by atoms with van der Waals surface area (Å²) in [5, 5.41) is 2.50. The third-order valence-electron chi connectivity index (χ3n) is 1.64. The highest BCUT2D eigenvalue weighted by Gasteiger charge is 2.09. The van der Waals surface area contributed by atoms with Crippen LogP contribution in [0.1, 0.15) is 5.01 Å². The Hall–Kier alpha value is -1.56. The number of thiazole rings is 1. The van der Waals surface area contributed by atoms with Gasteiger partial charge in [0.05, 0.1) is 11.2 Å². The Morgan fingerprint density at radius 3 is 3.00 bits per heavy atom. The molecule has 1 N–H and O–H groups in total. The number of hydrogen-bond donors (Lipinski definition) is 1. The summed E-state index contributed by atoms with van der Waals surface area (Å²) in [4.78, 5) is 20.5. The molecule has 2 aromatic heterocycles. The van der Waals surface area contributed by atoms with E-state index in [1.165, 1.54) is 11.3 Å². The van der Waals surface area contributed by atoms with Crippen molar-refractivity contribution in [1.82, 2.24) is 15.0 Å². The van der Waals surface area contributed by atoms with Gasteiger partial charge in [-0.1, -0.05) is 0 Å². The van der Waals surface area contributed by atoms with Gasteiger partial charge in [-0.05, 0) is 6.92 Å². The highest BCUT2D eigenvalue weighted by Crippen LogP contribution is 2.20. The number of halogens is 1. The van der Waals surface area contributed by atoms with Gasteiger partial charge in [0.25, 0.3) is 0 Å². The van der Waals surface area contributed by atoms with E-state index in [0.29, 0.717) is 5.69 Å². The largest absolute Gasteiger partial charge is 0.345 e. The van der Waals surface area contributed by atoms with Crippen molar-refractivity contribution in [2.75, 3.05) is 0 Å². The summed E-state index contributed by atoms with van der Waals surface area (Å²) in [5.41, 5.74) is -0.0501. The Morgan fingerprint density at radius 2 is 2.36 bits per heavy atom. The molecule has 4 nitrogen and oxygen atoms in total. The van der Waals surface area contributed by atoms with E-state index < -0.39 is 11.5 Å². The summed E-state index contributed by atoms with van der Waals surface area (Å²) in [7, 11) is 0. The normalized spacial score (nSPS) is 10.4. The minimum atomic E-state index is -0.577. The average Bonchev–Trinajstić information content (AvgIpc) is 2.56. The lowest BCUT2D eigenvalue weighted by atomic mass is 10.3. The predicted molar refractivity (Wildman–Crippen MR) is 50.7 cm³/mol. The molecular weight excluding hydrogens is 205 g/mol. The van der Waals surface area contributed by atoms with Crippen LogP contribution < -0.4 is 5.69 Å². The smallest absolute Gasteiger partial charge is 0.301 e. The Bertz CT molecular complexity index is 519. The first-order chi connectivity index (χ1) is 6.66. The van der Waals surface area contributed by atoms with E-state index in [1.54, 1.807) is 5.38 Å². The number of aromatic nitrogens is 3. The van der Waals surface area contributed by atoms with Crippen LogP contribution in [-0.4, -0.2) is 15.0 Å². The average molecular weight is 211 g/mol. The predicted octanol–water partition coefficient (Wildman–Crippen LogP) is 1.34. The second-order valence-corrected chi connectivity index (χ2v) is 3.73. The van der Waals surface area contributed by atoms with Crippen LogP contribution in [0.2, 0.25) is 0 Å². The molecule has 72 valence electrons. The molecule has 0 aromatic carbocycles. The first-order valence-electron chi connectivity index (χ1n) is 3.84. The maximum absolute atomic E-state index is 13.2. The van der Waals surface area contributed by atoms with Crippen LogP contribution in [0.3, 0.4) is 0 Å². The molecule has 0 bridgehead atoms. The van der Waals surface area contributed by atoms with E-state index in [2.05, 4.69) is 15.0 Å². The van der Waals surface area contributed by atoms with E-state index in [-0.39, 0.29) is 5.69 Å².